The molecule has 0 rings (SSSR count). The van der Waals surface area contributed by atoms with Crippen LogP contribution in [0.5, 0.6) is 0 Å². The lowest BCUT2D eigenvalue weighted by Crippen LogP contribution is -0.381. The molecule has 0 heterocycles. The van der Waals surface area contributed by atoms with Gasteiger partial charge in [0.25, 0.3) is 0 Å². The van der Waals surface area contributed by atoms with Gasteiger partial charge in [-0.1, -0.05) is 0 Å². The maximum Gasteiger partial charge on any atom is 0.187 e. The van der Waals surface area contributed by atoms with E-state index in [9.17, 15) is 0 Å². The Morgan fingerprint density at radius 2 is 0.500 bits per heavy atom. The Balaban J connectivity index is 0. The molecule has 0 aromatic carbocycles. The highest BCUT2D eigenvalue weighted by atomic mass is 27.0. The summed E-state index contributed by atoms with van der Waals surface area (Å²) in [5, 5.41) is 0. The molecule has 0 fully saturated rings. The molecule has 0 aromatic rings. The van der Waals surface area contributed by atoms with Crippen molar-refractivity contribution in [2.24, 2.45) is 0 Å². The summed E-state index contributed by atoms with van der Waals surface area (Å²) in [5.41, 5.74) is 0. The van der Waals surface area contributed by atoms with Gasteiger partial charge in [-0.3, -0.25) is 0 Å². The molecule has 4 heteroatoms. The predicted octanol–water partition coefficient (Wildman–Crippen LogP) is -3.66. The molecular formula is H9AlO3. The highest BCUT2D eigenvalue weighted by Crippen LogP contribution is -0.287. The van der Waals surface area contributed by atoms with Gasteiger partial charge in [-0.05, 0) is 0 Å². The fourth-order valence-electron chi connectivity index (χ4n) is 0. The van der Waals surface area contributed by atoms with Crippen LogP contribution in [-0.2, 0) is 0 Å². The first-order chi connectivity index (χ1) is 0. The Hall–Kier alpha value is 0.412. The van der Waals surface area contributed by atoms with Crippen LogP contribution in [0, 0.1) is 0 Å². The highest BCUT2D eigenvalue weighted by Gasteiger charge is 0.187. The van der Waals surface area contributed by atoms with Crippen LogP contribution in [0.4, 0.5) is 0 Å². The minimum Gasteiger partial charge on any atom is -0.412 e. The zero-order valence-corrected chi connectivity index (χ0v) is 1.50. The van der Waals surface area contributed by atoms with Gasteiger partial charge in [0.1, 0.15) is 0 Å². The lowest BCUT2D eigenvalue weighted by Gasteiger charge is -0.413. The van der Waals surface area contributed by atoms with Crippen molar-refractivity contribution in [2.45, 2.75) is 0 Å². The molecule has 0 atom stereocenters. The lowest BCUT2D eigenvalue weighted by atomic mass is 16.0. The Labute approximate surface area is 34.7 Å². The first-order valence-corrected chi connectivity index (χ1v) is 0. The molecule has 0 aliphatic heterocycles. The van der Waals surface area contributed by atoms with Crippen LogP contribution in [-0.4, -0.2) is 33.8 Å². The van der Waals surface area contributed by atoms with Gasteiger partial charge < -0.3 is 16.4 Å². The molecule has 0 aliphatic carbocycles. The third-order valence-electron chi connectivity index (χ3n) is 0. The van der Waals surface area contributed by atoms with Gasteiger partial charge in [0.05, 0.1) is 0 Å². The summed E-state index contributed by atoms with van der Waals surface area (Å²) in [6.07, 6.45) is 0. The third kappa shape index (κ3) is 28.3. The Morgan fingerprint density at radius 3 is 0.500 bits per heavy atom. The van der Waals surface area contributed by atoms with Crippen LogP contribution in [0.3, 0.4) is 0 Å². The van der Waals surface area contributed by atoms with Gasteiger partial charge in [0, 0.05) is 0 Å². The van der Waals surface area contributed by atoms with Crippen LogP contribution >= 0.6 is 0 Å². The third-order valence-corrected chi connectivity index (χ3v) is 0. The van der Waals surface area contributed by atoms with E-state index in [4.69, 9.17) is 0 Å². The van der Waals surface area contributed by atoms with Crippen molar-refractivity contribution in [3.8, 4) is 0 Å². The van der Waals surface area contributed by atoms with Gasteiger partial charge >= 0.3 is 0 Å². The molecule has 0 bridgehead atoms. The SMILES string of the molecule is O.O.O.[AlH3]. The minimum atomic E-state index is 0. The monoisotopic (exact) mass is 84.0 g/mol. The first kappa shape index (κ1) is 302. The summed E-state index contributed by atoms with van der Waals surface area (Å²) in [5.74, 6) is 0. The van der Waals surface area contributed by atoms with E-state index < -0.39 is 0 Å². The van der Waals surface area contributed by atoms with E-state index in [1.54, 1.807) is 0 Å². The molecule has 30 valence electrons. The van der Waals surface area contributed by atoms with Crippen LogP contribution < -0.4 is 0 Å². The van der Waals surface area contributed by atoms with Crippen LogP contribution in [0.1, 0.15) is 0 Å². The van der Waals surface area contributed by atoms with Crippen molar-refractivity contribution in [3.63, 3.8) is 0 Å². The van der Waals surface area contributed by atoms with Gasteiger partial charge in [-0.25, -0.2) is 0 Å². The van der Waals surface area contributed by atoms with E-state index >= 15 is 0 Å². The van der Waals surface area contributed by atoms with E-state index in [-0.39, 0.29) is 33.8 Å². The molecule has 6 N–H and O–H groups in total. The van der Waals surface area contributed by atoms with Gasteiger partial charge in [-0.15, -0.1) is 0 Å². The van der Waals surface area contributed by atoms with Crippen molar-refractivity contribution in [3.05, 3.63) is 0 Å². The quantitative estimate of drug-likeness (QED) is 0.270. The summed E-state index contributed by atoms with van der Waals surface area (Å²) in [7, 11) is 0. The Bertz CT molecular complexity index is 3.25. The zero-order valence-electron chi connectivity index (χ0n) is 1.50. The molecule has 0 unspecified atom stereocenters. The second-order valence-electron chi connectivity index (χ2n) is 0. The summed E-state index contributed by atoms with van der Waals surface area (Å²) in [6.45, 7) is 0. The molecule has 0 radical (unpaired) electrons. The second-order valence-corrected chi connectivity index (χ2v) is 0. The average molecular weight is 84.1 g/mol. The molecule has 0 saturated heterocycles. The second kappa shape index (κ2) is 117. The highest BCUT2D eigenvalue weighted by molar-refractivity contribution is 5.75. The van der Waals surface area contributed by atoms with Crippen LogP contribution in [0.15, 0.2) is 0 Å². The normalized spacial score (nSPS) is 0. The Kier molecular flexibility index (Phi) is 8810. The van der Waals surface area contributed by atoms with E-state index in [1.807, 2.05) is 0 Å². The van der Waals surface area contributed by atoms with Crippen molar-refractivity contribution in [2.75, 3.05) is 0 Å². The average Bonchev–Trinajstić information content (AvgIpc) is 0. The van der Waals surface area contributed by atoms with E-state index in [0.717, 1.165) is 0 Å². The predicted molar refractivity (Wildman–Crippen MR) is 20.8 cm³/mol. The van der Waals surface area contributed by atoms with Gasteiger partial charge in [0.15, 0.2) is 17.4 Å². The largest absolute Gasteiger partial charge is 0.412 e. The van der Waals surface area contributed by atoms with Crippen LogP contribution in [0.25, 0.3) is 0 Å². The Morgan fingerprint density at radius 1 is 0.500 bits per heavy atom. The van der Waals surface area contributed by atoms with Crippen molar-refractivity contribution >= 4 is 17.4 Å². The van der Waals surface area contributed by atoms with Crippen molar-refractivity contribution < 1.29 is 16.4 Å². The summed E-state index contributed by atoms with van der Waals surface area (Å²) < 4.78 is 0. The lowest BCUT2D eigenvalue weighted by molar-refractivity contribution is 0.823. The van der Waals surface area contributed by atoms with E-state index in [0.29, 0.717) is 0 Å². The molecule has 0 saturated carbocycles. The maximum absolute atomic E-state index is 0. The molecular weight excluding hydrogens is 75.0 g/mol. The topological polar surface area (TPSA) is 94.5 Å². The fourth-order valence-corrected chi connectivity index (χ4v) is 0. The van der Waals surface area contributed by atoms with E-state index in [1.165, 1.54) is 0 Å². The summed E-state index contributed by atoms with van der Waals surface area (Å²) in [6, 6.07) is 0. The van der Waals surface area contributed by atoms with Gasteiger partial charge in [0.2, 0.25) is 0 Å². The summed E-state index contributed by atoms with van der Waals surface area (Å²) >= 11 is 0. The zero-order chi connectivity index (χ0) is 0. The molecule has 0 aliphatic rings. The smallest absolute Gasteiger partial charge is 0.187 e. The molecule has 4 heavy (non-hydrogen) atoms. The van der Waals surface area contributed by atoms with Gasteiger partial charge in [-0.2, -0.15) is 0 Å². The van der Waals surface area contributed by atoms with Crippen molar-refractivity contribution in [1.29, 1.82) is 0 Å². The number of rotatable bonds is 0. The van der Waals surface area contributed by atoms with Crippen molar-refractivity contribution in [1.82, 2.24) is 0 Å². The standard InChI is InChI=1S/Al.3H2O.3H/h;3*1H2;;;. The van der Waals surface area contributed by atoms with Crippen LogP contribution in [0.2, 0.25) is 0 Å². The molecule has 0 spiro atoms. The summed E-state index contributed by atoms with van der Waals surface area (Å²) in [4.78, 5) is 0. The first-order valence-electron chi connectivity index (χ1n) is 0. The fraction of sp³-hybridized carbons (Fsp3) is 0. The maximum atomic E-state index is 0. The molecule has 3 nitrogen and oxygen atoms in total. The number of hydrogen-bond acceptors (Lipinski definition) is 0. The molecule has 0 aromatic heterocycles. The minimum absolute atomic E-state index is 0. The van der Waals surface area contributed by atoms with E-state index in [2.05, 4.69) is 0 Å². The molecule has 0 amide bonds. The number of hydrogen-bond donors (Lipinski definition) is 0.